The molecule has 0 atom stereocenters. The Morgan fingerprint density at radius 1 is 0.679 bits per heavy atom. The Hall–Kier alpha value is -3.72. The molecule has 0 bridgehead atoms. The molecule has 4 aromatic carbocycles. The number of rotatable bonds is 1. The normalized spacial score (nSPS) is 11.8. The van der Waals surface area contributed by atoms with E-state index >= 15 is 0 Å². The summed E-state index contributed by atoms with van der Waals surface area (Å²) in [5, 5.41) is 4.55. The molecule has 0 saturated carbocycles. The van der Waals surface area contributed by atoms with Gasteiger partial charge in [-0.15, -0.1) is 0 Å². The van der Waals surface area contributed by atoms with E-state index in [1.807, 2.05) is 43.3 Å². The second kappa shape index (κ2) is 5.64. The molecule has 0 fully saturated rings. The van der Waals surface area contributed by atoms with Crippen molar-refractivity contribution in [3.63, 3.8) is 0 Å². The summed E-state index contributed by atoms with van der Waals surface area (Å²) in [6, 6.07) is 26.8. The lowest BCUT2D eigenvalue weighted by molar-refractivity contribution is 0.669. The van der Waals surface area contributed by atoms with Crippen molar-refractivity contribution in [2.24, 2.45) is 0 Å². The predicted octanol–water partition coefficient (Wildman–Crippen LogP) is 6.66. The number of aryl methyl sites for hydroxylation is 1. The summed E-state index contributed by atoms with van der Waals surface area (Å²) in [4.78, 5) is 9.90. The van der Waals surface area contributed by atoms with Crippen molar-refractivity contribution in [3.05, 3.63) is 84.6 Å². The molecule has 0 spiro atoms. The Kier molecular flexibility index (Phi) is 3.09. The van der Waals surface area contributed by atoms with Crippen LogP contribution in [0.3, 0.4) is 0 Å². The molecule has 3 nitrogen and oxygen atoms in total. The van der Waals surface area contributed by atoms with Crippen LogP contribution in [0.1, 0.15) is 5.69 Å². The van der Waals surface area contributed by atoms with E-state index in [0.717, 1.165) is 55.3 Å². The number of hydrogen-bond acceptors (Lipinski definition) is 3. The molecule has 2 heterocycles. The summed E-state index contributed by atoms with van der Waals surface area (Å²) < 4.78 is 5.96. The van der Waals surface area contributed by atoms with Crippen LogP contribution < -0.4 is 0 Å². The highest BCUT2D eigenvalue weighted by atomic mass is 16.3. The zero-order valence-electron chi connectivity index (χ0n) is 15.3. The molecule has 132 valence electrons. The smallest absolute Gasteiger partial charge is 0.135 e. The van der Waals surface area contributed by atoms with Crippen LogP contribution in [0.2, 0.25) is 0 Å². The third kappa shape index (κ3) is 2.16. The molecule has 0 aliphatic carbocycles. The Morgan fingerprint density at radius 3 is 2.39 bits per heavy atom. The maximum Gasteiger partial charge on any atom is 0.135 e. The second-order valence-corrected chi connectivity index (χ2v) is 7.12. The van der Waals surface area contributed by atoms with Gasteiger partial charge in [-0.2, -0.15) is 0 Å². The summed E-state index contributed by atoms with van der Waals surface area (Å²) in [5.41, 5.74) is 6.56. The van der Waals surface area contributed by atoms with Crippen LogP contribution in [-0.2, 0) is 0 Å². The zero-order chi connectivity index (χ0) is 18.7. The van der Waals surface area contributed by atoms with Gasteiger partial charge in [0, 0.05) is 21.7 Å². The van der Waals surface area contributed by atoms with E-state index in [4.69, 9.17) is 14.4 Å². The molecule has 0 unspecified atom stereocenters. The van der Waals surface area contributed by atoms with E-state index in [1.165, 1.54) is 5.39 Å². The Morgan fingerprint density at radius 2 is 1.46 bits per heavy atom. The standard InChI is InChI=1S/C25H16N2O/c1-15-24(27-21-12-10-16-6-2-3-7-18(16)25(21)26-15)17-11-13-23-20(14-17)19-8-4-5-9-22(19)28-23/h2-14H,1H3. The maximum absolute atomic E-state index is 5.96. The topological polar surface area (TPSA) is 38.9 Å². The Balaban J connectivity index is 1.62. The SMILES string of the molecule is Cc1nc2c(ccc3ccccc32)nc1-c1ccc2oc3ccccc3c2c1. The van der Waals surface area contributed by atoms with Crippen molar-refractivity contribution in [1.82, 2.24) is 9.97 Å². The molecule has 0 saturated heterocycles. The van der Waals surface area contributed by atoms with Gasteiger partial charge in [0.25, 0.3) is 0 Å². The molecule has 28 heavy (non-hydrogen) atoms. The summed E-state index contributed by atoms with van der Waals surface area (Å²) >= 11 is 0. The number of para-hydroxylation sites is 1. The Bertz CT molecular complexity index is 1530. The molecule has 6 rings (SSSR count). The first kappa shape index (κ1) is 15.3. The lowest BCUT2D eigenvalue weighted by Crippen LogP contribution is -1.95. The van der Waals surface area contributed by atoms with Gasteiger partial charge in [-0.25, -0.2) is 9.97 Å². The van der Waals surface area contributed by atoms with Crippen LogP contribution in [0, 0.1) is 6.92 Å². The minimum atomic E-state index is 0.891. The van der Waals surface area contributed by atoms with Gasteiger partial charge in [0.05, 0.1) is 22.4 Å². The van der Waals surface area contributed by atoms with Crippen LogP contribution in [0.4, 0.5) is 0 Å². The van der Waals surface area contributed by atoms with Gasteiger partial charge in [-0.1, -0.05) is 48.5 Å². The summed E-state index contributed by atoms with van der Waals surface area (Å²) in [6.07, 6.45) is 0. The van der Waals surface area contributed by atoms with E-state index in [9.17, 15) is 0 Å². The molecule has 0 aliphatic heterocycles. The molecule has 0 amide bonds. The third-order valence-electron chi connectivity index (χ3n) is 5.38. The average Bonchev–Trinajstić information content (AvgIpc) is 3.11. The van der Waals surface area contributed by atoms with Crippen LogP contribution in [0.25, 0.3) is 55.0 Å². The van der Waals surface area contributed by atoms with Crippen molar-refractivity contribution < 1.29 is 4.42 Å². The minimum absolute atomic E-state index is 0.891. The van der Waals surface area contributed by atoms with Gasteiger partial charge in [-0.05, 0) is 42.6 Å². The highest BCUT2D eigenvalue weighted by Crippen LogP contribution is 2.33. The van der Waals surface area contributed by atoms with Crippen LogP contribution in [-0.4, -0.2) is 9.97 Å². The van der Waals surface area contributed by atoms with E-state index in [0.29, 0.717) is 0 Å². The van der Waals surface area contributed by atoms with Gasteiger partial charge in [-0.3, -0.25) is 0 Å². The molecule has 0 aliphatic rings. The summed E-state index contributed by atoms with van der Waals surface area (Å²) in [6.45, 7) is 2.03. The lowest BCUT2D eigenvalue weighted by Gasteiger charge is -2.09. The molecule has 3 heteroatoms. The fraction of sp³-hybridized carbons (Fsp3) is 0.0400. The summed E-state index contributed by atoms with van der Waals surface area (Å²) in [7, 11) is 0. The number of hydrogen-bond donors (Lipinski definition) is 0. The number of benzene rings is 4. The first-order chi connectivity index (χ1) is 13.8. The molecular weight excluding hydrogens is 344 g/mol. The minimum Gasteiger partial charge on any atom is -0.456 e. The number of fused-ring (bicyclic) bond motifs is 6. The van der Waals surface area contributed by atoms with Crippen LogP contribution in [0.15, 0.2) is 83.3 Å². The van der Waals surface area contributed by atoms with Gasteiger partial charge >= 0.3 is 0 Å². The van der Waals surface area contributed by atoms with Crippen LogP contribution in [0.5, 0.6) is 0 Å². The van der Waals surface area contributed by atoms with E-state index < -0.39 is 0 Å². The monoisotopic (exact) mass is 360 g/mol. The van der Waals surface area contributed by atoms with Crippen molar-refractivity contribution >= 4 is 43.7 Å². The van der Waals surface area contributed by atoms with Crippen LogP contribution >= 0.6 is 0 Å². The number of nitrogens with zero attached hydrogens (tertiary/aromatic N) is 2. The molecule has 2 aromatic heterocycles. The highest BCUT2D eigenvalue weighted by Gasteiger charge is 2.13. The van der Waals surface area contributed by atoms with E-state index in [1.54, 1.807) is 0 Å². The van der Waals surface area contributed by atoms with Crippen molar-refractivity contribution in [2.45, 2.75) is 6.92 Å². The molecule has 6 aromatic rings. The quantitative estimate of drug-likeness (QED) is 0.308. The molecule has 0 N–H and O–H groups in total. The average molecular weight is 360 g/mol. The fourth-order valence-corrected chi connectivity index (χ4v) is 4.02. The number of furan rings is 1. The highest BCUT2D eigenvalue weighted by molar-refractivity contribution is 6.07. The predicted molar refractivity (Wildman–Crippen MR) is 114 cm³/mol. The first-order valence-corrected chi connectivity index (χ1v) is 9.36. The fourth-order valence-electron chi connectivity index (χ4n) is 4.02. The second-order valence-electron chi connectivity index (χ2n) is 7.12. The lowest BCUT2D eigenvalue weighted by atomic mass is 10.0. The van der Waals surface area contributed by atoms with Gasteiger partial charge in [0.1, 0.15) is 11.2 Å². The van der Waals surface area contributed by atoms with E-state index in [-0.39, 0.29) is 0 Å². The Labute approximate surface area is 161 Å². The summed E-state index contributed by atoms with van der Waals surface area (Å²) in [5.74, 6) is 0. The van der Waals surface area contributed by atoms with Gasteiger partial charge < -0.3 is 4.42 Å². The largest absolute Gasteiger partial charge is 0.456 e. The maximum atomic E-state index is 5.96. The van der Waals surface area contributed by atoms with Crippen molar-refractivity contribution in [2.75, 3.05) is 0 Å². The van der Waals surface area contributed by atoms with Gasteiger partial charge in [0.2, 0.25) is 0 Å². The van der Waals surface area contributed by atoms with Gasteiger partial charge in [0.15, 0.2) is 0 Å². The zero-order valence-corrected chi connectivity index (χ0v) is 15.3. The van der Waals surface area contributed by atoms with E-state index in [2.05, 4.69) is 42.5 Å². The molecule has 0 radical (unpaired) electrons. The van der Waals surface area contributed by atoms with Crippen molar-refractivity contribution in [1.29, 1.82) is 0 Å². The first-order valence-electron chi connectivity index (χ1n) is 9.36. The third-order valence-corrected chi connectivity index (χ3v) is 5.38. The number of aromatic nitrogens is 2. The van der Waals surface area contributed by atoms with Crippen molar-refractivity contribution in [3.8, 4) is 11.3 Å². The molecular formula is C25H16N2O.